The number of primary amides is 1. The van der Waals surface area contributed by atoms with Crippen LogP contribution < -0.4 is 78.7 Å². The third kappa shape index (κ3) is 17.0. The minimum Gasteiger partial charge on any atom is -0.496 e. The summed E-state index contributed by atoms with van der Waals surface area (Å²) in [5.74, 6) is -5.36. The first-order chi connectivity index (χ1) is 33.9. The molecule has 25 heteroatoms. The zero-order chi connectivity index (χ0) is 52.0. The van der Waals surface area contributed by atoms with Crippen LogP contribution in [0.3, 0.4) is 0 Å². The van der Waals surface area contributed by atoms with E-state index in [1.54, 1.807) is 0 Å². The largest absolute Gasteiger partial charge is 0.496 e. The van der Waals surface area contributed by atoms with Gasteiger partial charge in [0.2, 0.25) is 29.5 Å². The Morgan fingerprint density at radius 3 is 1.04 bits per heavy atom. The Balaban J connectivity index is 1.28. The normalized spacial score (nSPS) is 10.3. The molecule has 4 aromatic rings. The number of nitrogens with zero attached hydrogens (tertiary/aromatic N) is 1. The van der Waals surface area contributed by atoms with E-state index in [0.29, 0.717) is 19.4 Å². The quantitative estimate of drug-likeness (QED) is 0.0244. The van der Waals surface area contributed by atoms with Crippen molar-refractivity contribution in [1.29, 1.82) is 0 Å². The van der Waals surface area contributed by atoms with Gasteiger partial charge in [0.1, 0.15) is 23.0 Å². The molecule has 4 aromatic carbocycles. The molecule has 0 heterocycles. The maximum atomic E-state index is 13.3. The highest BCUT2D eigenvalue weighted by Gasteiger charge is 2.20. The van der Waals surface area contributed by atoms with Crippen LogP contribution in [-0.2, 0) is 24.0 Å². The molecule has 0 spiro atoms. The van der Waals surface area contributed by atoms with Crippen molar-refractivity contribution in [2.45, 2.75) is 19.3 Å². The average molecular weight is 983 g/mol. The lowest BCUT2D eigenvalue weighted by Gasteiger charge is -2.14. The minimum atomic E-state index is -0.772. The molecular formula is C46H54N12O13. The minimum absolute atomic E-state index is 0.0135. The van der Waals surface area contributed by atoms with Crippen LogP contribution in [0.2, 0.25) is 0 Å². The number of hydrogen-bond donors (Lipinski definition) is 11. The second-order valence-electron chi connectivity index (χ2n) is 14.8. The van der Waals surface area contributed by atoms with E-state index in [2.05, 4.69) is 47.5 Å². The molecule has 9 amide bonds. The number of carbonyl (C=O) groups is 9. The molecule has 14 N–H and O–H groups in total. The summed E-state index contributed by atoms with van der Waals surface area (Å²) in [5.41, 5.74) is 16.6. The molecule has 0 aromatic heterocycles. The molecule has 0 bridgehead atoms. The van der Waals surface area contributed by atoms with Gasteiger partial charge in [-0.2, -0.15) is 0 Å². The standard InChI is InChI=1S/C46H54N12O13/c1-68-33-12-8-25(17-29(33)42(47)64)55-39(61)22-52-44(66)31-19-27(10-14-35(31)70-3)57-41(63)24-54-45(67)32-20-28(11-15-36(32)71-4)58-40(62)23-53-43(65)30-18-26(9-13-34(30)69-2)56-38(60)21-51-37(59)7-5-6-16-50-46(48)49/h8-15,17-20H,5-7,16,21-24H2,1-4H3,(H2,47,64)(H,51,59)(H,52,66)(H,53,65)(H,54,67)(H,55,61)(H,56,60)(H,57,63)(H,58,62)(H4,48,49,50). The molecule has 0 aliphatic rings. The van der Waals surface area contributed by atoms with Gasteiger partial charge in [-0.25, -0.2) is 0 Å². The van der Waals surface area contributed by atoms with Gasteiger partial charge >= 0.3 is 0 Å². The Hall–Kier alpha value is -9.42. The number of amides is 9. The SMILES string of the molecule is COc1ccc(NC(=O)CNC(=O)c2cc(NC(=O)CNC(=O)c3cc(NC(=O)CNC(=O)c4cc(NC(=O)CNC(=O)CCCCN=C(N)N)ccc4OC)ccc3OC)ccc2OC)cc1C(N)=O. The number of methoxy groups -OCH3 is 4. The number of carbonyl (C=O) groups excluding carboxylic acids is 9. The molecule has 71 heavy (non-hydrogen) atoms. The molecule has 0 aliphatic carbocycles. The molecule has 0 atom stereocenters. The average Bonchev–Trinajstić information content (AvgIpc) is 3.35. The molecule has 4 rings (SSSR count). The third-order valence-electron chi connectivity index (χ3n) is 9.71. The predicted octanol–water partition coefficient (Wildman–Crippen LogP) is 0.424. The lowest BCUT2D eigenvalue weighted by molar-refractivity contribution is -0.124. The fourth-order valence-corrected chi connectivity index (χ4v) is 6.33. The Morgan fingerprint density at radius 2 is 0.732 bits per heavy atom. The summed E-state index contributed by atoms with van der Waals surface area (Å²) in [7, 11) is 5.32. The number of rotatable bonds is 25. The molecule has 0 saturated heterocycles. The zero-order valence-electron chi connectivity index (χ0n) is 39.1. The van der Waals surface area contributed by atoms with Gasteiger partial charge in [0.15, 0.2) is 5.96 Å². The third-order valence-corrected chi connectivity index (χ3v) is 9.71. The molecule has 376 valence electrons. The second kappa shape index (κ2) is 26.8. The van der Waals surface area contributed by atoms with Gasteiger partial charge in [-0.1, -0.05) is 0 Å². The number of hydrogen-bond acceptors (Lipinski definition) is 14. The summed E-state index contributed by atoms with van der Waals surface area (Å²) in [6.45, 7) is -1.51. The van der Waals surface area contributed by atoms with E-state index < -0.39 is 66.9 Å². The molecule has 25 nitrogen and oxygen atoms in total. The van der Waals surface area contributed by atoms with E-state index in [4.69, 9.17) is 36.1 Å². The first-order valence-corrected chi connectivity index (χ1v) is 21.3. The van der Waals surface area contributed by atoms with Crippen LogP contribution >= 0.6 is 0 Å². The maximum absolute atomic E-state index is 13.3. The fourth-order valence-electron chi connectivity index (χ4n) is 6.33. The smallest absolute Gasteiger partial charge is 0.255 e. The van der Waals surface area contributed by atoms with Crippen LogP contribution in [0.5, 0.6) is 23.0 Å². The van der Waals surface area contributed by atoms with Crippen molar-refractivity contribution in [2.24, 2.45) is 22.2 Å². The fraction of sp³-hybridized carbons (Fsp3) is 0.261. The number of nitrogens with two attached hydrogens (primary N) is 3. The lowest BCUT2D eigenvalue weighted by Crippen LogP contribution is -2.34. The number of anilines is 4. The number of ether oxygens (including phenoxy) is 4. The zero-order valence-corrected chi connectivity index (χ0v) is 39.1. The summed E-state index contributed by atoms with van der Waals surface area (Å²) < 4.78 is 21.0. The molecular weight excluding hydrogens is 929 g/mol. The van der Waals surface area contributed by atoms with Crippen molar-refractivity contribution in [1.82, 2.24) is 21.3 Å². The van der Waals surface area contributed by atoms with Gasteiger partial charge in [0.05, 0.1) is 76.9 Å². The monoisotopic (exact) mass is 982 g/mol. The number of unbranched alkanes of at least 4 members (excludes halogenated alkanes) is 1. The van der Waals surface area contributed by atoms with Crippen LogP contribution in [0.1, 0.15) is 60.7 Å². The van der Waals surface area contributed by atoms with Gasteiger partial charge in [0, 0.05) is 35.7 Å². The summed E-state index contributed by atoms with van der Waals surface area (Å²) in [4.78, 5) is 118. The number of nitrogens with one attached hydrogen (secondary N) is 8. The van der Waals surface area contributed by atoms with E-state index in [0.717, 1.165) is 0 Å². The van der Waals surface area contributed by atoms with Crippen molar-refractivity contribution >= 4 is 81.9 Å². The van der Waals surface area contributed by atoms with Gasteiger partial charge in [0.25, 0.3) is 23.6 Å². The first-order valence-electron chi connectivity index (χ1n) is 21.3. The molecule has 0 fully saturated rings. The van der Waals surface area contributed by atoms with E-state index in [1.165, 1.54) is 101 Å². The van der Waals surface area contributed by atoms with Crippen molar-refractivity contribution in [3.63, 3.8) is 0 Å². The second-order valence-corrected chi connectivity index (χ2v) is 14.8. The van der Waals surface area contributed by atoms with Crippen molar-refractivity contribution in [3.8, 4) is 23.0 Å². The topological polar surface area (TPSA) is 377 Å². The van der Waals surface area contributed by atoms with E-state index in [-0.39, 0.29) is 92.8 Å². The van der Waals surface area contributed by atoms with Gasteiger partial charge in [-0.3, -0.25) is 48.1 Å². The van der Waals surface area contributed by atoms with E-state index in [9.17, 15) is 43.2 Å². The van der Waals surface area contributed by atoms with Gasteiger partial charge in [-0.05, 0) is 85.6 Å². The van der Waals surface area contributed by atoms with Crippen LogP contribution in [0.4, 0.5) is 22.7 Å². The molecule has 0 aliphatic heterocycles. The first kappa shape index (κ1) is 54.2. The van der Waals surface area contributed by atoms with Crippen molar-refractivity contribution in [3.05, 3.63) is 95.1 Å². The Bertz CT molecular complexity index is 2690. The number of aliphatic imine (C=N–C) groups is 1. The Kier molecular flexibility index (Phi) is 20.5. The highest BCUT2D eigenvalue weighted by molar-refractivity contribution is 6.06. The van der Waals surface area contributed by atoms with Crippen molar-refractivity contribution in [2.75, 3.05) is 82.4 Å². The molecule has 0 saturated carbocycles. The van der Waals surface area contributed by atoms with Crippen LogP contribution in [0.15, 0.2) is 77.8 Å². The van der Waals surface area contributed by atoms with Gasteiger partial charge in [-0.15, -0.1) is 0 Å². The van der Waals surface area contributed by atoms with E-state index >= 15 is 0 Å². The number of benzene rings is 4. The Labute approximate surface area is 406 Å². The maximum Gasteiger partial charge on any atom is 0.255 e. The number of guanidine groups is 1. The molecule has 0 unspecified atom stereocenters. The van der Waals surface area contributed by atoms with Crippen LogP contribution in [-0.4, -0.2) is 120 Å². The van der Waals surface area contributed by atoms with Crippen molar-refractivity contribution < 1.29 is 62.1 Å². The highest BCUT2D eigenvalue weighted by atomic mass is 16.5. The summed E-state index contributed by atoms with van der Waals surface area (Å²) in [5, 5.41) is 20.2. The molecule has 0 radical (unpaired) electrons. The van der Waals surface area contributed by atoms with Crippen LogP contribution in [0, 0.1) is 0 Å². The lowest BCUT2D eigenvalue weighted by atomic mass is 10.1. The highest BCUT2D eigenvalue weighted by Crippen LogP contribution is 2.26. The van der Waals surface area contributed by atoms with Gasteiger partial charge < -0.3 is 78.7 Å². The predicted molar refractivity (Wildman–Crippen MR) is 260 cm³/mol. The van der Waals surface area contributed by atoms with E-state index in [1.807, 2.05) is 0 Å². The summed E-state index contributed by atoms with van der Waals surface area (Å²) >= 11 is 0. The summed E-state index contributed by atoms with van der Waals surface area (Å²) in [6.07, 6.45) is 1.25. The Morgan fingerprint density at radius 1 is 0.423 bits per heavy atom. The van der Waals surface area contributed by atoms with Crippen LogP contribution in [0.25, 0.3) is 0 Å². The summed E-state index contributed by atoms with van der Waals surface area (Å²) in [6, 6.07) is 16.8.